The number of aliphatic carboxylic acids is 2. The van der Waals surface area contributed by atoms with Gasteiger partial charge in [0.2, 0.25) is 5.91 Å². The van der Waals surface area contributed by atoms with Gasteiger partial charge in [0, 0.05) is 17.2 Å². The van der Waals surface area contributed by atoms with Crippen molar-refractivity contribution < 1.29 is 28.8 Å². The van der Waals surface area contributed by atoms with E-state index in [0.717, 1.165) is 0 Å². The SMILES string of the molecule is C/C=C/[S@](=O)C[C@@H](NC(=O)CC[C@H](N)C(=O)O)C(=O)O. The molecule has 0 rings (SSSR count). The molecule has 0 spiro atoms. The zero-order valence-electron chi connectivity index (χ0n) is 10.9. The van der Waals surface area contributed by atoms with Crippen molar-refractivity contribution in [3.05, 3.63) is 11.5 Å². The van der Waals surface area contributed by atoms with E-state index in [1.165, 1.54) is 11.5 Å². The minimum Gasteiger partial charge on any atom is -0.480 e. The molecule has 1 amide bonds. The van der Waals surface area contributed by atoms with Crippen molar-refractivity contribution in [2.24, 2.45) is 5.73 Å². The van der Waals surface area contributed by atoms with Gasteiger partial charge >= 0.3 is 11.9 Å². The summed E-state index contributed by atoms with van der Waals surface area (Å²) in [5, 5.41) is 21.0. The average Bonchev–Trinajstić information content (AvgIpc) is 2.35. The Bertz CT molecular complexity index is 423. The van der Waals surface area contributed by atoms with Crippen molar-refractivity contribution in [3.8, 4) is 0 Å². The van der Waals surface area contributed by atoms with Crippen molar-refractivity contribution in [3.63, 3.8) is 0 Å². The normalized spacial score (nSPS) is 15.5. The lowest BCUT2D eigenvalue weighted by Gasteiger charge is -2.13. The molecule has 0 saturated carbocycles. The number of carbonyl (C=O) groups excluding carboxylic acids is 1. The Morgan fingerprint density at radius 3 is 2.35 bits per heavy atom. The van der Waals surface area contributed by atoms with Gasteiger partial charge in [-0.2, -0.15) is 0 Å². The number of rotatable bonds is 9. The minimum atomic E-state index is -1.50. The van der Waals surface area contributed by atoms with Crippen LogP contribution < -0.4 is 11.1 Å². The van der Waals surface area contributed by atoms with Crippen LogP contribution in [0, 0.1) is 0 Å². The highest BCUT2D eigenvalue weighted by Crippen LogP contribution is 1.98. The molecule has 0 aromatic heterocycles. The maximum atomic E-state index is 11.5. The summed E-state index contributed by atoms with van der Waals surface area (Å²) < 4.78 is 11.4. The lowest BCUT2D eigenvalue weighted by Crippen LogP contribution is -2.44. The first-order chi connectivity index (χ1) is 9.27. The van der Waals surface area contributed by atoms with Crippen LogP contribution in [0.2, 0.25) is 0 Å². The first-order valence-electron chi connectivity index (χ1n) is 5.78. The fraction of sp³-hybridized carbons (Fsp3) is 0.545. The molecule has 3 atom stereocenters. The van der Waals surface area contributed by atoms with Crippen LogP contribution in [-0.4, -0.2) is 50.1 Å². The summed E-state index contributed by atoms with van der Waals surface area (Å²) in [5.41, 5.74) is 5.22. The van der Waals surface area contributed by atoms with E-state index >= 15 is 0 Å². The molecule has 0 unspecified atom stereocenters. The van der Waals surface area contributed by atoms with Crippen LogP contribution in [0.3, 0.4) is 0 Å². The maximum absolute atomic E-state index is 11.5. The second-order valence-corrected chi connectivity index (χ2v) is 5.33. The quantitative estimate of drug-likeness (QED) is 0.428. The van der Waals surface area contributed by atoms with Crippen LogP contribution in [0.5, 0.6) is 0 Å². The second kappa shape index (κ2) is 9.21. The Morgan fingerprint density at radius 1 is 1.30 bits per heavy atom. The van der Waals surface area contributed by atoms with E-state index in [0.29, 0.717) is 0 Å². The van der Waals surface area contributed by atoms with E-state index in [-0.39, 0.29) is 18.6 Å². The van der Waals surface area contributed by atoms with Crippen LogP contribution in [0.1, 0.15) is 19.8 Å². The minimum absolute atomic E-state index is 0.106. The third-order valence-corrected chi connectivity index (χ3v) is 3.49. The Balaban J connectivity index is 4.38. The summed E-state index contributed by atoms with van der Waals surface area (Å²) in [6.45, 7) is 1.64. The Labute approximate surface area is 118 Å². The molecule has 0 aromatic carbocycles. The molecule has 0 aromatic rings. The monoisotopic (exact) mass is 306 g/mol. The highest BCUT2D eigenvalue weighted by atomic mass is 32.2. The van der Waals surface area contributed by atoms with Crippen molar-refractivity contribution in [2.75, 3.05) is 5.75 Å². The number of hydrogen-bond donors (Lipinski definition) is 4. The van der Waals surface area contributed by atoms with Gasteiger partial charge in [-0.05, 0) is 18.8 Å². The van der Waals surface area contributed by atoms with E-state index in [9.17, 15) is 18.6 Å². The number of amides is 1. The van der Waals surface area contributed by atoms with Gasteiger partial charge in [0.05, 0.1) is 5.75 Å². The first-order valence-corrected chi connectivity index (χ1v) is 7.16. The van der Waals surface area contributed by atoms with Crippen molar-refractivity contribution in [1.29, 1.82) is 0 Å². The predicted molar refractivity (Wildman–Crippen MR) is 72.2 cm³/mol. The van der Waals surface area contributed by atoms with Gasteiger partial charge in [-0.3, -0.25) is 13.8 Å². The molecular weight excluding hydrogens is 288 g/mol. The van der Waals surface area contributed by atoms with E-state index in [1.54, 1.807) is 6.92 Å². The van der Waals surface area contributed by atoms with E-state index < -0.39 is 40.7 Å². The van der Waals surface area contributed by atoms with Crippen molar-refractivity contribution in [2.45, 2.75) is 31.8 Å². The van der Waals surface area contributed by atoms with E-state index in [2.05, 4.69) is 5.32 Å². The second-order valence-electron chi connectivity index (χ2n) is 3.96. The smallest absolute Gasteiger partial charge is 0.327 e. The molecule has 0 fully saturated rings. The molecule has 114 valence electrons. The predicted octanol–water partition coefficient (Wildman–Crippen LogP) is -0.970. The molecule has 9 heteroatoms. The highest BCUT2D eigenvalue weighted by molar-refractivity contribution is 7.88. The van der Waals surface area contributed by atoms with Crippen molar-refractivity contribution in [1.82, 2.24) is 5.32 Å². The molecule has 0 aliphatic carbocycles. The number of carboxylic acid groups (broad SMARTS) is 2. The lowest BCUT2D eigenvalue weighted by atomic mass is 10.1. The van der Waals surface area contributed by atoms with Crippen LogP contribution in [0.15, 0.2) is 11.5 Å². The fourth-order valence-corrected chi connectivity index (χ4v) is 2.19. The molecule has 5 N–H and O–H groups in total. The number of nitrogens with two attached hydrogens (primary N) is 1. The van der Waals surface area contributed by atoms with Gasteiger partial charge < -0.3 is 21.3 Å². The van der Waals surface area contributed by atoms with Gasteiger partial charge in [0.15, 0.2) is 0 Å². The standard InChI is InChI=1S/C11H18N2O6S/c1-2-5-20(19)6-8(11(17)18)13-9(14)4-3-7(12)10(15)16/h2,5,7-8H,3-4,6,12H2,1H3,(H,13,14)(H,15,16)(H,17,18)/b5-2+/t7-,8+,20-/m0/s1. The van der Waals surface area contributed by atoms with Crippen LogP contribution in [0.4, 0.5) is 0 Å². The Morgan fingerprint density at radius 2 is 1.90 bits per heavy atom. The summed E-state index contributed by atoms with van der Waals surface area (Å²) >= 11 is 0. The number of carboxylic acids is 2. The molecule has 0 radical (unpaired) electrons. The van der Waals surface area contributed by atoms with Crippen LogP contribution in [0.25, 0.3) is 0 Å². The molecule has 20 heavy (non-hydrogen) atoms. The third-order valence-electron chi connectivity index (χ3n) is 2.25. The topological polar surface area (TPSA) is 147 Å². The number of carbonyl (C=O) groups is 3. The van der Waals surface area contributed by atoms with Gasteiger partial charge in [-0.25, -0.2) is 4.79 Å². The van der Waals surface area contributed by atoms with E-state index in [4.69, 9.17) is 15.9 Å². The average molecular weight is 306 g/mol. The summed E-state index contributed by atoms with van der Waals surface area (Å²) in [4.78, 5) is 32.9. The zero-order valence-corrected chi connectivity index (χ0v) is 11.8. The van der Waals surface area contributed by atoms with Gasteiger partial charge in [-0.1, -0.05) is 6.08 Å². The van der Waals surface area contributed by atoms with E-state index in [1.807, 2.05) is 0 Å². The largest absolute Gasteiger partial charge is 0.480 e. The van der Waals surface area contributed by atoms with Gasteiger partial charge in [0.1, 0.15) is 12.1 Å². The molecule has 0 saturated heterocycles. The summed E-state index contributed by atoms with van der Waals surface area (Å²) in [6.07, 6.45) is 1.20. The summed E-state index contributed by atoms with van der Waals surface area (Å²) in [6, 6.07) is -2.47. The Kier molecular flexibility index (Phi) is 8.41. The fourth-order valence-electron chi connectivity index (χ4n) is 1.22. The third kappa shape index (κ3) is 7.64. The van der Waals surface area contributed by atoms with Crippen molar-refractivity contribution >= 4 is 28.6 Å². The summed E-state index contributed by atoms with van der Waals surface area (Å²) in [7, 11) is -1.50. The molecule has 8 nitrogen and oxygen atoms in total. The maximum Gasteiger partial charge on any atom is 0.327 e. The van der Waals surface area contributed by atoms with Gasteiger partial charge in [0.25, 0.3) is 0 Å². The molecular formula is C11H18N2O6S. The lowest BCUT2D eigenvalue weighted by molar-refractivity contribution is -0.141. The molecule has 0 heterocycles. The highest BCUT2D eigenvalue weighted by Gasteiger charge is 2.22. The summed E-state index contributed by atoms with van der Waals surface area (Å²) in [5.74, 6) is -3.44. The number of hydrogen-bond acceptors (Lipinski definition) is 5. The molecule has 0 bridgehead atoms. The first kappa shape index (κ1) is 18.3. The number of allylic oxidation sites excluding steroid dienone is 1. The van der Waals surface area contributed by atoms with Crippen LogP contribution >= 0.6 is 0 Å². The van der Waals surface area contributed by atoms with Crippen LogP contribution in [-0.2, 0) is 25.2 Å². The molecule has 0 aliphatic rings. The van der Waals surface area contributed by atoms with Gasteiger partial charge in [-0.15, -0.1) is 0 Å². The molecule has 0 aliphatic heterocycles. The zero-order chi connectivity index (χ0) is 15.7. The number of nitrogens with one attached hydrogen (secondary N) is 1. The Hall–Kier alpha value is -1.74.